The number of nitrogens with one attached hydrogen (secondary N) is 1. The minimum Gasteiger partial charge on any atom is -0.547 e. The molecular formula is C21H28N3NaO5. The summed E-state index contributed by atoms with van der Waals surface area (Å²) in [6.45, 7) is 7.51. The summed E-state index contributed by atoms with van der Waals surface area (Å²) in [6, 6.07) is 9.52. The van der Waals surface area contributed by atoms with Gasteiger partial charge in [0.15, 0.2) is 6.10 Å². The van der Waals surface area contributed by atoms with Crippen LogP contribution in [0.25, 0.3) is 0 Å². The molecule has 1 aromatic rings. The number of epoxide rings is 1. The van der Waals surface area contributed by atoms with Gasteiger partial charge in [0.25, 0.3) is 5.91 Å². The Balaban J connectivity index is 0.00000320. The molecular weight excluding hydrogens is 397 g/mol. The maximum atomic E-state index is 13.0. The first-order valence-electron chi connectivity index (χ1n) is 10.1. The molecule has 9 heteroatoms. The average molecular weight is 425 g/mol. The van der Waals surface area contributed by atoms with Gasteiger partial charge in [-0.1, -0.05) is 44.2 Å². The third-order valence-corrected chi connectivity index (χ3v) is 5.24. The second-order valence-corrected chi connectivity index (χ2v) is 8.07. The Kier molecular flexibility index (Phi) is 9.31. The van der Waals surface area contributed by atoms with Gasteiger partial charge < -0.3 is 24.9 Å². The van der Waals surface area contributed by atoms with Gasteiger partial charge in [-0.15, -0.1) is 0 Å². The van der Waals surface area contributed by atoms with Crippen molar-refractivity contribution in [3.8, 4) is 0 Å². The first kappa shape index (κ1) is 24.8. The number of aliphatic carboxylic acids is 1. The fourth-order valence-electron chi connectivity index (χ4n) is 3.63. The molecule has 0 bridgehead atoms. The van der Waals surface area contributed by atoms with E-state index >= 15 is 0 Å². The number of ether oxygens (including phenoxy) is 1. The van der Waals surface area contributed by atoms with Crippen LogP contribution in [0.1, 0.15) is 25.8 Å². The number of carboxylic acids is 1. The van der Waals surface area contributed by atoms with Gasteiger partial charge in [0.2, 0.25) is 5.91 Å². The molecule has 0 spiro atoms. The fraction of sp³-hybridized carbons (Fsp3) is 0.571. The van der Waals surface area contributed by atoms with Crippen molar-refractivity contribution < 1.29 is 53.8 Å². The van der Waals surface area contributed by atoms with Gasteiger partial charge in [0.1, 0.15) is 12.1 Å². The van der Waals surface area contributed by atoms with E-state index in [-0.39, 0.29) is 41.4 Å². The number of hydrogen-bond donors (Lipinski definition) is 1. The van der Waals surface area contributed by atoms with Gasteiger partial charge in [0, 0.05) is 32.7 Å². The van der Waals surface area contributed by atoms with Crippen molar-refractivity contribution in [1.82, 2.24) is 15.1 Å². The standard InChI is InChI=1S/C21H29N3O5.Na/c1-14(2)12-16(22-19(25)17-18(29-17)21(27)28)20(26)24-10-8-23(9-11-24)13-15-6-4-3-5-7-15;/h3-7,14,16-18H,8-13H2,1-2H3,(H,22,25)(H,27,28);/q;+1/p-1/t16-,17+,18+;/m0./s1. The quantitative estimate of drug-likeness (QED) is 0.341. The third-order valence-electron chi connectivity index (χ3n) is 5.24. The van der Waals surface area contributed by atoms with E-state index in [1.807, 2.05) is 32.0 Å². The van der Waals surface area contributed by atoms with E-state index in [4.69, 9.17) is 4.74 Å². The number of carbonyl (C=O) groups is 3. The van der Waals surface area contributed by atoms with Crippen LogP contribution in [-0.4, -0.2) is 72.0 Å². The summed E-state index contributed by atoms with van der Waals surface area (Å²) in [4.78, 5) is 40.1. The van der Waals surface area contributed by atoms with E-state index in [1.165, 1.54) is 5.56 Å². The molecule has 158 valence electrons. The molecule has 0 aromatic heterocycles. The molecule has 0 unspecified atom stereocenters. The van der Waals surface area contributed by atoms with Crippen molar-refractivity contribution in [2.75, 3.05) is 26.2 Å². The van der Waals surface area contributed by atoms with Gasteiger partial charge in [0.05, 0.1) is 5.97 Å². The van der Waals surface area contributed by atoms with E-state index in [1.54, 1.807) is 4.90 Å². The number of nitrogens with zero attached hydrogens (tertiary/aromatic N) is 2. The molecule has 30 heavy (non-hydrogen) atoms. The van der Waals surface area contributed by atoms with E-state index in [0.29, 0.717) is 19.5 Å². The molecule has 0 aliphatic carbocycles. The van der Waals surface area contributed by atoms with Crippen LogP contribution in [0.4, 0.5) is 0 Å². The molecule has 0 saturated carbocycles. The fourth-order valence-corrected chi connectivity index (χ4v) is 3.63. The number of benzene rings is 1. The molecule has 1 N–H and O–H groups in total. The SMILES string of the molecule is CC(C)C[C@H](NC(=O)[C@@H]1O[C@H]1C(=O)[O-])C(=O)N1CCN(Cc2ccccc2)CC1.[Na+]. The summed E-state index contributed by atoms with van der Waals surface area (Å²) in [7, 11) is 0. The summed E-state index contributed by atoms with van der Waals surface area (Å²) in [5.41, 5.74) is 1.24. The summed E-state index contributed by atoms with van der Waals surface area (Å²) in [6.07, 6.45) is -1.80. The third kappa shape index (κ3) is 6.78. The second kappa shape index (κ2) is 11.2. The number of hydrogen-bond acceptors (Lipinski definition) is 6. The molecule has 8 nitrogen and oxygen atoms in total. The van der Waals surface area contributed by atoms with Crippen LogP contribution in [0.3, 0.4) is 0 Å². The molecule has 2 saturated heterocycles. The van der Waals surface area contributed by atoms with Crippen molar-refractivity contribution in [3.05, 3.63) is 35.9 Å². The molecule has 0 radical (unpaired) electrons. The zero-order valence-electron chi connectivity index (χ0n) is 17.9. The van der Waals surface area contributed by atoms with E-state index < -0.39 is 30.1 Å². The minimum absolute atomic E-state index is 0. The van der Waals surface area contributed by atoms with E-state index in [9.17, 15) is 19.5 Å². The number of piperazine rings is 1. The molecule has 2 fully saturated rings. The Morgan fingerprint density at radius 3 is 2.27 bits per heavy atom. The van der Waals surface area contributed by atoms with Gasteiger partial charge in [-0.05, 0) is 17.9 Å². The van der Waals surface area contributed by atoms with Crippen LogP contribution in [0.15, 0.2) is 30.3 Å². The van der Waals surface area contributed by atoms with Gasteiger partial charge in [-0.3, -0.25) is 14.5 Å². The molecule has 2 heterocycles. The van der Waals surface area contributed by atoms with Gasteiger partial charge in [-0.2, -0.15) is 0 Å². The average Bonchev–Trinajstić information content (AvgIpc) is 3.49. The number of carboxylic acid groups (broad SMARTS) is 1. The summed E-state index contributed by atoms with van der Waals surface area (Å²) in [5, 5.41) is 13.5. The second-order valence-electron chi connectivity index (χ2n) is 8.07. The van der Waals surface area contributed by atoms with Gasteiger partial charge in [-0.25, -0.2) is 0 Å². The van der Waals surface area contributed by atoms with Crippen LogP contribution in [0, 0.1) is 5.92 Å². The van der Waals surface area contributed by atoms with Crippen molar-refractivity contribution in [3.63, 3.8) is 0 Å². The summed E-state index contributed by atoms with van der Waals surface area (Å²) < 4.78 is 4.84. The number of carbonyl (C=O) groups excluding carboxylic acids is 3. The maximum Gasteiger partial charge on any atom is 1.00 e. The van der Waals surface area contributed by atoms with Crippen LogP contribution in [0.2, 0.25) is 0 Å². The molecule has 2 aliphatic rings. The summed E-state index contributed by atoms with van der Waals surface area (Å²) >= 11 is 0. The predicted molar refractivity (Wildman–Crippen MR) is 103 cm³/mol. The van der Waals surface area contributed by atoms with E-state index in [2.05, 4.69) is 22.3 Å². The first-order chi connectivity index (χ1) is 13.8. The molecule has 2 aliphatic heterocycles. The Morgan fingerprint density at radius 1 is 1.10 bits per heavy atom. The number of amides is 2. The van der Waals surface area contributed by atoms with Crippen LogP contribution in [-0.2, 0) is 25.7 Å². The van der Waals surface area contributed by atoms with Crippen molar-refractivity contribution >= 4 is 17.8 Å². The first-order valence-corrected chi connectivity index (χ1v) is 10.1. The Labute approximate surface area is 199 Å². The largest absolute Gasteiger partial charge is 1.00 e. The maximum absolute atomic E-state index is 13.0. The van der Waals surface area contributed by atoms with Crippen LogP contribution < -0.4 is 40.0 Å². The van der Waals surface area contributed by atoms with Crippen molar-refractivity contribution in [1.29, 1.82) is 0 Å². The van der Waals surface area contributed by atoms with Crippen molar-refractivity contribution in [2.24, 2.45) is 5.92 Å². The molecule has 3 atom stereocenters. The molecule has 3 rings (SSSR count). The van der Waals surface area contributed by atoms with Crippen LogP contribution in [0.5, 0.6) is 0 Å². The van der Waals surface area contributed by atoms with Crippen LogP contribution >= 0.6 is 0 Å². The normalized spacial score (nSPS) is 22.2. The molecule has 1 aromatic carbocycles. The van der Waals surface area contributed by atoms with Crippen molar-refractivity contribution in [2.45, 2.75) is 45.1 Å². The minimum atomic E-state index is -1.41. The zero-order valence-corrected chi connectivity index (χ0v) is 19.9. The Morgan fingerprint density at radius 2 is 1.73 bits per heavy atom. The monoisotopic (exact) mass is 425 g/mol. The summed E-state index contributed by atoms with van der Waals surface area (Å²) in [5.74, 6) is -1.91. The topological polar surface area (TPSA) is 105 Å². The smallest absolute Gasteiger partial charge is 0.547 e. The molecule has 2 amide bonds. The Hall–Kier alpha value is -1.45. The predicted octanol–water partition coefficient (Wildman–Crippen LogP) is -3.62. The Bertz CT molecular complexity index is 737. The zero-order chi connectivity index (χ0) is 21.0. The van der Waals surface area contributed by atoms with Gasteiger partial charge >= 0.3 is 29.6 Å². The van der Waals surface area contributed by atoms with E-state index in [0.717, 1.165) is 19.6 Å². The number of rotatable bonds is 8.